The van der Waals surface area contributed by atoms with Crippen LogP contribution in [0.25, 0.3) is 6.08 Å². The van der Waals surface area contributed by atoms with Crippen LogP contribution in [0.5, 0.6) is 0 Å². The maximum atomic E-state index is 12.7. The number of nitrogens with zero attached hydrogens (tertiary/aromatic N) is 1. The Balaban J connectivity index is 1.88. The van der Waals surface area contributed by atoms with Gasteiger partial charge in [0.25, 0.3) is 0 Å². The molecule has 0 heterocycles. The van der Waals surface area contributed by atoms with E-state index in [1.807, 2.05) is 78.9 Å². The Morgan fingerprint density at radius 3 is 2.36 bits per heavy atom. The third-order valence-electron chi connectivity index (χ3n) is 5.39. The summed E-state index contributed by atoms with van der Waals surface area (Å²) in [6.07, 6.45) is 5.74. The van der Waals surface area contributed by atoms with Gasteiger partial charge in [-0.1, -0.05) is 78.9 Å². The molecule has 0 aromatic heterocycles. The highest BCUT2D eigenvalue weighted by atomic mass is 16.5. The molecule has 0 aliphatic heterocycles. The second-order valence-corrected chi connectivity index (χ2v) is 6.47. The van der Waals surface area contributed by atoms with Gasteiger partial charge in [0, 0.05) is 5.92 Å². The third kappa shape index (κ3) is 1.88. The van der Waals surface area contributed by atoms with Crippen molar-refractivity contribution in [1.29, 1.82) is 5.26 Å². The molecular weight excluding hydrogens is 310 g/mol. The average molecular weight is 327 g/mol. The first-order chi connectivity index (χ1) is 12.2. The highest BCUT2D eigenvalue weighted by molar-refractivity contribution is 5.94. The van der Waals surface area contributed by atoms with E-state index in [-0.39, 0.29) is 11.9 Å². The lowest BCUT2D eigenvalue weighted by Gasteiger charge is -2.10. The fourth-order valence-corrected chi connectivity index (χ4v) is 4.27. The van der Waals surface area contributed by atoms with E-state index in [1.54, 1.807) is 0 Å². The number of nitriles is 1. The maximum absolute atomic E-state index is 12.7. The number of carbonyl (C=O) groups is 1. The molecule has 2 aliphatic rings. The molecule has 0 spiro atoms. The zero-order chi connectivity index (χ0) is 17.5. The van der Waals surface area contributed by atoms with Gasteiger partial charge in [-0.25, -0.2) is 0 Å². The summed E-state index contributed by atoms with van der Waals surface area (Å²) in [4.78, 5) is 12.7. The average Bonchev–Trinajstić information content (AvgIpc) is 3.17. The lowest BCUT2D eigenvalue weighted by Crippen LogP contribution is -2.20. The van der Waals surface area contributed by atoms with Gasteiger partial charge in [0.15, 0.2) is 0 Å². The van der Waals surface area contributed by atoms with E-state index >= 15 is 0 Å². The third-order valence-corrected chi connectivity index (χ3v) is 5.39. The van der Waals surface area contributed by atoms with E-state index in [1.165, 1.54) is 7.11 Å². The Hall–Kier alpha value is -3.12. The van der Waals surface area contributed by atoms with Gasteiger partial charge < -0.3 is 4.74 Å². The van der Waals surface area contributed by atoms with Gasteiger partial charge in [0.1, 0.15) is 10.8 Å². The first-order valence-corrected chi connectivity index (χ1v) is 8.22. The number of hydrogen-bond acceptors (Lipinski definition) is 3. The first kappa shape index (κ1) is 15.4. The van der Waals surface area contributed by atoms with Crippen LogP contribution in [0.3, 0.4) is 0 Å². The number of ether oxygens (including phenoxy) is 1. The number of hydrogen-bond donors (Lipinski definition) is 0. The standard InChI is InChI=1S/C22H17NO2/c1-25-20(24)21-13-12-18(14-16-8-4-2-5-9-16)22(21,15-23)19(21)17-10-6-3-7-11-17/h2-14,19H,1H3/b18-14-/t19-,21+,22-/m0/s1. The van der Waals surface area contributed by atoms with Crippen molar-refractivity contribution in [3.05, 3.63) is 89.5 Å². The van der Waals surface area contributed by atoms with Crippen molar-refractivity contribution < 1.29 is 9.53 Å². The highest BCUT2D eigenvalue weighted by Crippen LogP contribution is 2.81. The molecule has 0 radical (unpaired) electrons. The van der Waals surface area contributed by atoms with Crippen LogP contribution in [0.2, 0.25) is 0 Å². The molecule has 2 aromatic carbocycles. The van der Waals surface area contributed by atoms with Crippen LogP contribution in [0.4, 0.5) is 0 Å². The van der Waals surface area contributed by atoms with Crippen molar-refractivity contribution in [2.24, 2.45) is 10.8 Å². The predicted octanol–water partition coefficient (Wildman–Crippen LogP) is 4.11. The maximum Gasteiger partial charge on any atom is 0.318 e. The van der Waals surface area contributed by atoms with Crippen LogP contribution in [-0.4, -0.2) is 13.1 Å². The van der Waals surface area contributed by atoms with Crippen LogP contribution >= 0.6 is 0 Å². The van der Waals surface area contributed by atoms with Crippen LogP contribution < -0.4 is 0 Å². The number of allylic oxidation sites excluding steroid dienone is 2. The van der Waals surface area contributed by atoms with E-state index in [9.17, 15) is 10.1 Å². The number of fused-ring (bicyclic) bond motifs is 1. The zero-order valence-electron chi connectivity index (χ0n) is 13.8. The summed E-state index contributed by atoms with van der Waals surface area (Å²) in [5, 5.41) is 10.1. The minimum Gasteiger partial charge on any atom is -0.468 e. The minimum absolute atomic E-state index is 0.224. The molecule has 1 saturated carbocycles. The fourth-order valence-electron chi connectivity index (χ4n) is 4.27. The minimum atomic E-state index is -0.932. The van der Waals surface area contributed by atoms with Crippen molar-refractivity contribution in [2.75, 3.05) is 7.11 Å². The SMILES string of the molecule is COC(=O)[C@]12C=C/C(=C/c3ccccc3)[C@@]1(C#N)[C@H]2c1ccccc1. The molecule has 122 valence electrons. The Morgan fingerprint density at radius 1 is 1.12 bits per heavy atom. The van der Waals surface area contributed by atoms with Crippen LogP contribution in [0, 0.1) is 22.2 Å². The van der Waals surface area contributed by atoms with Gasteiger partial charge in [-0.2, -0.15) is 5.26 Å². The Bertz CT molecular complexity index is 924. The molecule has 0 N–H and O–H groups in total. The summed E-state index contributed by atoms with van der Waals surface area (Å²) < 4.78 is 5.09. The van der Waals surface area contributed by atoms with Gasteiger partial charge in [-0.05, 0) is 16.7 Å². The van der Waals surface area contributed by atoms with E-state index in [0.29, 0.717) is 0 Å². The van der Waals surface area contributed by atoms with E-state index in [4.69, 9.17) is 4.74 Å². The smallest absolute Gasteiger partial charge is 0.318 e. The molecule has 3 nitrogen and oxygen atoms in total. The second-order valence-electron chi connectivity index (χ2n) is 6.47. The number of esters is 1. The van der Waals surface area contributed by atoms with Crippen molar-refractivity contribution in [3.63, 3.8) is 0 Å². The predicted molar refractivity (Wildman–Crippen MR) is 95.2 cm³/mol. The summed E-state index contributed by atoms with van der Waals surface area (Å²) in [7, 11) is 1.38. The summed E-state index contributed by atoms with van der Waals surface area (Å²) in [5.74, 6) is -0.575. The second kappa shape index (κ2) is 5.46. The topological polar surface area (TPSA) is 50.1 Å². The monoisotopic (exact) mass is 327 g/mol. The van der Waals surface area contributed by atoms with Gasteiger partial charge in [-0.3, -0.25) is 4.79 Å². The summed E-state index contributed by atoms with van der Waals surface area (Å²) >= 11 is 0. The van der Waals surface area contributed by atoms with Crippen molar-refractivity contribution in [1.82, 2.24) is 0 Å². The van der Waals surface area contributed by atoms with Crippen LogP contribution in [-0.2, 0) is 9.53 Å². The van der Waals surface area contributed by atoms with Crippen molar-refractivity contribution in [3.8, 4) is 6.07 Å². The lowest BCUT2D eigenvalue weighted by atomic mass is 9.90. The Kier molecular flexibility index (Phi) is 3.36. The normalized spacial score (nSPS) is 30.6. The molecule has 4 rings (SSSR count). The number of benzene rings is 2. The number of rotatable bonds is 3. The Labute approximate surface area is 146 Å². The molecule has 0 unspecified atom stereocenters. The quantitative estimate of drug-likeness (QED) is 0.797. The summed E-state index contributed by atoms with van der Waals surface area (Å²) in [6.45, 7) is 0. The van der Waals surface area contributed by atoms with Gasteiger partial charge >= 0.3 is 5.97 Å². The number of methoxy groups -OCH3 is 1. The van der Waals surface area contributed by atoms with Crippen molar-refractivity contribution >= 4 is 12.0 Å². The zero-order valence-corrected chi connectivity index (χ0v) is 13.8. The molecule has 0 bridgehead atoms. The summed E-state index contributed by atoms with van der Waals surface area (Å²) in [6, 6.07) is 22.1. The van der Waals surface area contributed by atoms with Crippen LogP contribution in [0.15, 0.2) is 78.4 Å². The van der Waals surface area contributed by atoms with Gasteiger partial charge in [0.2, 0.25) is 0 Å². The molecule has 3 heteroatoms. The molecule has 3 atom stereocenters. The first-order valence-electron chi connectivity index (χ1n) is 8.22. The summed E-state index contributed by atoms with van der Waals surface area (Å²) in [5.41, 5.74) is 1.02. The largest absolute Gasteiger partial charge is 0.468 e. The van der Waals surface area contributed by atoms with E-state index in [0.717, 1.165) is 16.7 Å². The number of carbonyl (C=O) groups excluding carboxylic acids is 1. The molecule has 1 fully saturated rings. The molecule has 0 saturated heterocycles. The van der Waals surface area contributed by atoms with E-state index in [2.05, 4.69) is 6.07 Å². The molecule has 2 aliphatic carbocycles. The Morgan fingerprint density at radius 2 is 1.76 bits per heavy atom. The highest BCUT2D eigenvalue weighted by Gasteiger charge is 2.84. The fraction of sp³-hybridized carbons (Fsp3) is 0.182. The van der Waals surface area contributed by atoms with Crippen LogP contribution in [0.1, 0.15) is 17.0 Å². The molecule has 25 heavy (non-hydrogen) atoms. The lowest BCUT2D eigenvalue weighted by molar-refractivity contribution is -0.145. The van der Waals surface area contributed by atoms with Gasteiger partial charge in [0.05, 0.1) is 13.2 Å². The molecular formula is C22H17NO2. The molecule has 2 aromatic rings. The van der Waals surface area contributed by atoms with Gasteiger partial charge in [-0.15, -0.1) is 0 Å². The van der Waals surface area contributed by atoms with Crippen molar-refractivity contribution in [2.45, 2.75) is 5.92 Å². The van der Waals surface area contributed by atoms with E-state index < -0.39 is 10.8 Å². The molecule has 0 amide bonds.